The number of aliphatic imine (C=N–C) groups is 1. The Bertz CT molecular complexity index is 505. The molecule has 7 heteroatoms. The van der Waals surface area contributed by atoms with E-state index < -0.39 is 0 Å². The third kappa shape index (κ3) is 9.59. The van der Waals surface area contributed by atoms with Crippen molar-refractivity contribution in [3.8, 4) is 5.75 Å². The number of halogens is 1. The number of guanidine groups is 1. The van der Waals surface area contributed by atoms with E-state index in [-0.39, 0.29) is 30.1 Å². The molecule has 0 amide bonds. The summed E-state index contributed by atoms with van der Waals surface area (Å²) in [5.41, 5.74) is 1.23. The van der Waals surface area contributed by atoms with Crippen molar-refractivity contribution >= 4 is 29.9 Å². The van der Waals surface area contributed by atoms with Gasteiger partial charge in [0.1, 0.15) is 12.4 Å². The van der Waals surface area contributed by atoms with Crippen LogP contribution in [0.15, 0.2) is 29.3 Å². The Balaban J connectivity index is 0.00000338. The number of nitrogens with zero attached hydrogens (tertiary/aromatic N) is 1. The Labute approximate surface area is 174 Å². The Morgan fingerprint density at radius 1 is 1.23 bits per heavy atom. The van der Waals surface area contributed by atoms with Crippen LogP contribution in [0.3, 0.4) is 0 Å². The van der Waals surface area contributed by atoms with E-state index >= 15 is 0 Å². The van der Waals surface area contributed by atoms with Crippen molar-refractivity contribution in [3.05, 3.63) is 29.8 Å². The molecule has 148 valence electrons. The number of aryl methyl sites for hydroxylation is 1. The molecule has 1 aliphatic heterocycles. The number of benzene rings is 1. The molecule has 1 aromatic carbocycles. The monoisotopic (exact) mass is 477 g/mol. The molecule has 1 aromatic rings. The summed E-state index contributed by atoms with van der Waals surface area (Å²) in [6.45, 7) is 8.98. The van der Waals surface area contributed by atoms with Crippen LogP contribution < -0.4 is 15.4 Å². The van der Waals surface area contributed by atoms with Gasteiger partial charge >= 0.3 is 0 Å². The van der Waals surface area contributed by atoms with Gasteiger partial charge in [0.15, 0.2) is 5.96 Å². The van der Waals surface area contributed by atoms with E-state index in [1.165, 1.54) is 5.56 Å². The maximum atomic E-state index is 5.71. The van der Waals surface area contributed by atoms with Gasteiger partial charge in [-0.05, 0) is 38.8 Å². The minimum absolute atomic E-state index is 0. The number of ether oxygens (including phenoxy) is 3. The highest BCUT2D eigenvalue weighted by Gasteiger charge is 2.14. The van der Waals surface area contributed by atoms with E-state index in [1.807, 2.05) is 31.2 Å². The fraction of sp³-hybridized carbons (Fsp3) is 0.632. The molecule has 1 heterocycles. The lowest BCUT2D eigenvalue weighted by Gasteiger charge is -2.13. The summed E-state index contributed by atoms with van der Waals surface area (Å²) < 4.78 is 16.9. The maximum Gasteiger partial charge on any atom is 0.191 e. The molecular formula is C19H32IN3O3. The first-order valence-electron chi connectivity index (χ1n) is 9.19. The van der Waals surface area contributed by atoms with E-state index in [4.69, 9.17) is 14.2 Å². The first-order valence-corrected chi connectivity index (χ1v) is 9.19. The van der Waals surface area contributed by atoms with Crippen LogP contribution in [0.1, 0.15) is 25.3 Å². The largest absolute Gasteiger partial charge is 0.492 e. The zero-order chi connectivity index (χ0) is 17.7. The minimum Gasteiger partial charge on any atom is -0.492 e. The smallest absolute Gasteiger partial charge is 0.191 e. The van der Waals surface area contributed by atoms with Crippen molar-refractivity contribution in [3.63, 3.8) is 0 Å². The second-order valence-corrected chi connectivity index (χ2v) is 6.06. The summed E-state index contributed by atoms with van der Waals surface area (Å²) in [6.07, 6.45) is 2.52. The SMILES string of the molecule is CCNC(=NCCOCC1CCCO1)NCCOc1ccc(C)cc1.I. The highest BCUT2D eigenvalue weighted by atomic mass is 127. The van der Waals surface area contributed by atoms with Crippen LogP contribution in [0.2, 0.25) is 0 Å². The second-order valence-electron chi connectivity index (χ2n) is 6.06. The van der Waals surface area contributed by atoms with Crippen molar-refractivity contribution in [1.82, 2.24) is 10.6 Å². The molecular weight excluding hydrogens is 445 g/mol. The molecule has 6 nitrogen and oxygen atoms in total. The summed E-state index contributed by atoms with van der Waals surface area (Å²) in [6, 6.07) is 8.07. The lowest BCUT2D eigenvalue weighted by molar-refractivity contribution is 0.0200. The van der Waals surface area contributed by atoms with E-state index in [0.29, 0.717) is 32.9 Å². The van der Waals surface area contributed by atoms with Crippen molar-refractivity contribution in [2.24, 2.45) is 4.99 Å². The number of hydrogen-bond acceptors (Lipinski definition) is 4. The van der Waals surface area contributed by atoms with Crippen molar-refractivity contribution in [1.29, 1.82) is 0 Å². The van der Waals surface area contributed by atoms with Gasteiger partial charge in [-0.15, -0.1) is 24.0 Å². The average Bonchev–Trinajstić information content (AvgIpc) is 3.13. The normalized spacial score (nSPS) is 16.8. The summed E-state index contributed by atoms with van der Waals surface area (Å²) in [5, 5.41) is 6.49. The van der Waals surface area contributed by atoms with Gasteiger partial charge in [0.25, 0.3) is 0 Å². The lowest BCUT2D eigenvalue weighted by Crippen LogP contribution is -2.39. The topological polar surface area (TPSA) is 64.1 Å². The van der Waals surface area contributed by atoms with Crippen molar-refractivity contribution in [2.75, 3.05) is 46.1 Å². The summed E-state index contributed by atoms with van der Waals surface area (Å²) >= 11 is 0. The maximum absolute atomic E-state index is 5.71. The molecule has 0 aromatic heterocycles. The van der Waals surface area contributed by atoms with Crippen LogP contribution in [-0.2, 0) is 9.47 Å². The van der Waals surface area contributed by atoms with Gasteiger partial charge in [0, 0.05) is 13.2 Å². The molecule has 0 bridgehead atoms. The third-order valence-corrected chi connectivity index (χ3v) is 3.86. The Hall–Kier alpha value is -1.06. The molecule has 1 aliphatic rings. The highest BCUT2D eigenvalue weighted by molar-refractivity contribution is 14.0. The molecule has 1 saturated heterocycles. The van der Waals surface area contributed by atoms with E-state index in [2.05, 4.69) is 22.5 Å². The van der Waals surface area contributed by atoms with Gasteiger partial charge in [0.05, 0.1) is 32.4 Å². The fourth-order valence-electron chi connectivity index (χ4n) is 2.53. The van der Waals surface area contributed by atoms with Gasteiger partial charge in [-0.1, -0.05) is 17.7 Å². The predicted molar refractivity (Wildman–Crippen MR) is 116 cm³/mol. The van der Waals surface area contributed by atoms with Crippen LogP contribution in [0.5, 0.6) is 5.75 Å². The van der Waals surface area contributed by atoms with Gasteiger partial charge < -0.3 is 24.8 Å². The molecule has 2 rings (SSSR count). The van der Waals surface area contributed by atoms with Crippen LogP contribution in [0.4, 0.5) is 0 Å². The van der Waals surface area contributed by atoms with Crippen LogP contribution in [0.25, 0.3) is 0 Å². The molecule has 26 heavy (non-hydrogen) atoms. The highest BCUT2D eigenvalue weighted by Crippen LogP contribution is 2.12. The van der Waals surface area contributed by atoms with Gasteiger partial charge in [-0.3, -0.25) is 4.99 Å². The quantitative estimate of drug-likeness (QED) is 0.235. The van der Waals surface area contributed by atoms with Crippen molar-refractivity contribution in [2.45, 2.75) is 32.8 Å². The first kappa shape index (κ1) is 23.0. The zero-order valence-electron chi connectivity index (χ0n) is 15.8. The summed E-state index contributed by atoms with van der Waals surface area (Å²) in [5.74, 6) is 1.67. The number of nitrogens with one attached hydrogen (secondary N) is 2. The van der Waals surface area contributed by atoms with Gasteiger partial charge in [0.2, 0.25) is 0 Å². The molecule has 1 atom stereocenters. The zero-order valence-corrected chi connectivity index (χ0v) is 18.2. The van der Waals surface area contributed by atoms with Crippen molar-refractivity contribution < 1.29 is 14.2 Å². The second kappa shape index (κ2) is 14.1. The Morgan fingerprint density at radius 2 is 2.04 bits per heavy atom. The van der Waals surface area contributed by atoms with E-state index in [0.717, 1.165) is 37.7 Å². The molecule has 0 spiro atoms. The Kier molecular flexibility index (Phi) is 12.4. The average molecular weight is 477 g/mol. The lowest BCUT2D eigenvalue weighted by atomic mass is 10.2. The van der Waals surface area contributed by atoms with Crippen LogP contribution >= 0.6 is 24.0 Å². The van der Waals surface area contributed by atoms with Gasteiger partial charge in [-0.25, -0.2) is 0 Å². The number of rotatable bonds is 10. The summed E-state index contributed by atoms with van der Waals surface area (Å²) in [7, 11) is 0. The van der Waals surface area contributed by atoms with E-state index in [9.17, 15) is 0 Å². The minimum atomic E-state index is 0. The molecule has 0 saturated carbocycles. The standard InChI is InChI=1S/C19H31N3O3.HI/c1-3-20-19(21-10-13-23-15-18-5-4-12-24-18)22-11-14-25-17-8-6-16(2)7-9-17;/h6-9,18H,3-5,10-15H2,1-2H3,(H2,20,21,22);1H. The molecule has 1 unspecified atom stereocenters. The molecule has 0 radical (unpaired) electrons. The molecule has 2 N–H and O–H groups in total. The summed E-state index contributed by atoms with van der Waals surface area (Å²) in [4.78, 5) is 4.51. The van der Waals surface area contributed by atoms with E-state index in [1.54, 1.807) is 0 Å². The Morgan fingerprint density at radius 3 is 2.73 bits per heavy atom. The fourth-order valence-corrected chi connectivity index (χ4v) is 2.53. The molecule has 0 aliphatic carbocycles. The van der Waals surface area contributed by atoms with Gasteiger partial charge in [-0.2, -0.15) is 0 Å². The third-order valence-electron chi connectivity index (χ3n) is 3.86. The van der Waals surface area contributed by atoms with Crippen LogP contribution in [0, 0.1) is 6.92 Å². The molecule has 1 fully saturated rings. The predicted octanol–water partition coefficient (Wildman–Crippen LogP) is 2.74. The number of hydrogen-bond donors (Lipinski definition) is 2. The first-order chi connectivity index (χ1) is 12.3. The van der Waals surface area contributed by atoms with Crippen LogP contribution in [-0.4, -0.2) is 58.1 Å².